The number of likely N-dealkylation sites (N-methyl/N-ethyl adjacent to an activating group) is 1. The van der Waals surface area contributed by atoms with Gasteiger partial charge in [-0.15, -0.1) is 0 Å². The Morgan fingerprint density at radius 3 is 2.16 bits per heavy atom. The average Bonchev–Trinajstić information content (AvgIpc) is 2.77. The van der Waals surface area contributed by atoms with Crippen molar-refractivity contribution in [2.75, 3.05) is 49.7 Å². The number of rotatable bonds is 5. The summed E-state index contributed by atoms with van der Waals surface area (Å²) >= 11 is 3.58. The molecule has 2 aromatic heterocycles. The summed E-state index contributed by atoms with van der Waals surface area (Å²) in [4.78, 5) is 45.1. The third-order valence-corrected chi connectivity index (χ3v) is 6.13. The predicted molar refractivity (Wildman–Crippen MR) is 145 cm³/mol. The number of ether oxygens (including phenoxy) is 3. The molecule has 0 aliphatic carbocycles. The molecule has 1 fully saturated rings. The zero-order valence-corrected chi connectivity index (χ0v) is 24.5. The van der Waals surface area contributed by atoms with Crippen molar-refractivity contribution in [3.63, 3.8) is 0 Å². The van der Waals surface area contributed by atoms with Crippen LogP contribution in [0.1, 0.15) is 48.5 Å². The first-order valence-corrected chi connectivity index (χ1v) is 13.1. The topological polar surface area (TPSA) is 110 Å². The van der Waals surface area contributed by atoms with Crippen molar-refractivity contribution in [1.82, 2.24) is 19.9 Å². The molecular weight excluding hydrogens is 544 g/mol. The third kappa shape index (κ3) is 7.71. The molecule has 3 rings (SSSR count). The Balaban J connectivity index is 2.05. The summed E-state index contributed by atoms with van der Waals surface area (Å²) < 4.78 is 17.2. The number of hydrogen-bond donors (Lipinski definition) is 0. The maximum atomic E-state index is 13.2. The number of carbonyl (C=O) groups is 2. The summed E-state index contributed by atoms with van der Waals surface area (Å²) in [6.07, 6.45) is -0.561. The highest BCUT2D eigenvalue weighted by Gasteiger charge is 2.35. The van der Waals surface area contributed by atoms with E-state index in [4.69, 9.17) is 19.2 Å². The van der Waals surface area contributed by atoms with Crippen molar-refractivity contribution in [3.05, 3.63) is 16.9 Å². The Labute approximate surface area is 226 Å². The summed E-state index contributed by atoms with van der Waals surface area (Å²) in [5.74, 6) is 0.606. The number of aromatic nitrogens is 3. The highest BCUT2D eigenvalue weighted by molar-refractivity contribution is 9.10. The molecule has 12 heteroatoms. The number of halogens is 1. The van der Waals surface area contributed by atoms with Crippen molar-refractivity contribution < 1.29 is 23.8 Å². The van der Waals surface area contributed by atoms with Crippen molar-refractivity contribution in [2.24, 2.45) is 0 Å². The second-order valence-electron chi connectivity index (χ2n) is 11.0. The highest BCUT2D eigenvalue weighted by atomic mass is 79.9. The standard InChI is InChI=1S/C25H37BrN6O5/c1-16(14-31-9-11-35-12-10-31)30(8)18-13-17(26)19-20(29-18)21(28-15-27-19)32(22(33)36-24(2,3)4)23(34)37-25(5,6)7/h13,15-16H,9-12,14H2,1-8H3. The fourth-order valence-electron chi connectivity index (χ4n) is 3.69. The maximum Gasteiger partial charge on any atom is 0.425 e. The molecule has 11 nitrogen and oxygen atoms in total. The molecule has 1 unspecified atom stereocenters. The zero-order chi connectivity index (χ0) is 27.5. The number of carbonyl (C=O) groups excluding carboxylic acids is 2. The van der Waals surface area contributed by atoms with E-state index in [0.29, 0.717) is 15.8 Å². The van der Waals surface area contributed by atoms with E-state index in [1.807, 2.05) is 18.0 Å². The van der Waals surface area contributed by atoms with Crippen LogP contribution >= 0.6 is 15.9 Å². The Bertz CT molecular complexity index is 1100. The number of imide groups is 1. The average molecular weight is 582 g/mol. The lowest BCUT2D eigenvalue weighted by atomic mass is 10.2. The van der Waals surface area contributed by atoms with Gasteiger partial charge in [-0.3, -0.25) is 4.90 Å². The molecule has 204 valence electrons. The van der Waals surface area contributed by atoms with Gasteiger partial charge in [-0.1, -0.05) is 0 Å². The van der Waals surface area contributed by atoms with Gasteiger partial charge in [0, 0.05) is 37.2 Å². The Hall–Kier alpha value is -2.57. The molecule has 3 heterocycles. The van der Waals surface area contributed by atoms with E-state index in [-0.39, 0.29) is 17.4 Å². The summed E-state index contributed by atoms with van der Waals surface area (Å²) in [5.41, 5.74) is -1.00. The van der Waals surface area contributed by atoms with Crippen molar-refractivity contribution in [2.45, 2.75) is 65.7 Å². The molecule has 1 atom stereocenters. The number of pyridine rings is 1. The smallest absolute Gasteiger partial charge is 0.425 e. The normalized spacial score (nSPS) is 15.8. The van der Waals surface area contributed by atoms with Crippen LogP contribution in [0.2, 0.25) is 0 Å². The summed E-state index contributed by atoms with van der Waals surface area (Å²) in [7, 11) is 1.95. The first-order valence-electron chi connectivity index (χ1n) is 12.3. The molecule has 2 amide bonds. The lowest BCUT2D eigenvalue weighted by Gasteiger charge is -2.33. The maximum absolute atomic E-state index is 13.2. The fraction of sp³-hybridized carbons (Fsp3) is 0.640. The second-order valence-corrected chi connectivity index (χ2v) is 11.9. The first-order chi connectivity index (χ1) is 17.2. The van der Waals surface area contributed by atoms with Gasteiger partial charge in [0.2, 0.25) is 0 Å². The predicted octanol–water partition coefficient (Wildman–Crippen LogP) is 4.62. The summed E-state index contributed by atoms with van der Waals surface area (Å²) in [6.45, 7) is 16.5. The van der Waals surface area contributed by atoms with Crippen molar-refractivity contribution >= 4 is 50.8 Å². The van der Waals surface area contributed by atoms with E-state index >= 15 is 0 Å². The molecule has 0 radical (unpaired) electrons. The van der Waals surface area contributed by atoms with Crippen LogP contribution in [0.5, 0.6) is 0 Å². The third-order valence-electron chi connectivity index (χ3n) is 5.52. The van der Waals surface area contributed by atoms with Crippen LogP contribution in [0.25, 0.3) is 11.0 Å². The van der Waals surface area contributed by atoms with E-state index in [9.17, 15) is 9.59 Å². The number of nitrogens with zero attached hydrogens (tertiary/aromatic N) is 6. The summed E-state index contributed by atoms with van der Waals surface area (Å²) in [5, 5.41) is 0. The molecular formula is C25H37BrN6O5. The highest BCUT2D eigenvalue weighted by Crippen LogP contribution is 2.32. The molecule has 0 bridgehead atoms. The van der Waals surface area contributed by atoms with Crippen molar-refractivity contribution in [3.8, 4) is 0 Å². The molecule has 0 N–H and O–H groups in total. The summed E-state index contributed by atoms with van der Waals surface area (Å²) in [6, 6.07) is 1.98. The van der Waals surface area contributed by atoms with Crippen LogP contribution < -0.4 is 9.80 Å². The van der Waals surface area contributed by atoms with Crippen molar-refractivity contribution in [1.29, 1.82) is 0 Å². The SMILES string of the molecule is CC(CN1CCOCC1)N(C)c1cc(Br)c2ncnc(N(C(=O)OC(C)(C)C)C(=O)OC(C)(C)C)c2n1. The van der Waals surface area contributed by atoms with Gasteiger partial charge in [0.1, 0.15) is 34.4 Å². The van der Waals surface area contributed by atoms with Gasteiger partial charge >= 0.3 is 12.2 Å². The lowest BCUT2D eigenvalue weighted by Crippen LogP contribution is -2.45. The van der Waals surface area contributed by atoms with Crippen LogP contribution in [-0.2, 0) is 14.2 Å². The monoisotopic (exact) mass is 580 g/mol. The van der Waals surface area contributed by atoms with Gasteiger partial charge in [0.05, 0.1) is 13.2 Å². The Morgan fingerprint density at radius 1 is 1.05 bits per heavy atom. The Kier molecular flexibility index (Phi) is 8.97. The lowest BCUT2D eigenvalue weighted by molar-refractivity contribution is 0.0358. The molecule has 37 heavy (non-hydrogen) atoms. The minimum Gasteiger partial charge on any atom is -0.443 e. The quantitative estimate of drug-likeness (QED) is 0.496. The second kappa shape index (κ2) is 11.4. The van der Waals surface area contributed by atoms with Crippen LogP contribution in [-0.4, -0.2) is 89.2 Å². The number of hydrogen-bond acceptors (Lipinski definition) is 10. The van der Waals surface area contributed by atoms with E-state index < -0.39 is 23.4 Å². The van der Waals surface area contributed by atoms with Gasteiger partial charge in [-0.05, 0) is 70.5 Å². The van der Waals surface area contributed by atoms with E-state index in [0.717, 1.165) is 37.7 Å². The number of fused-ring (bicyclic) bond motifs is 1. The molecule has 1 aliphatic heterocycles. The van der Waals surface area contributed by atoms with Gasteiger partial charge in [0.15, 0.2) is 5.82 Å². The molecule has 2 aromatic rings. The number of anilines is 2. The van der Waals surface area contributed by atoms with Gasteiger partial charge < -0.3 is 19.1 Å². The number of morpholine rings is 1. The van der Waals surface area contributed by atoms with E-state index in [1.165, 1.54) is 6.33 Å². The largest absolute Gasteiger partial charge is 0.443 e. The molecule has 1 aliphatic rings. The van der Waals surface area contributed by atoms with Crippen LogP contribution in [0.15, 0.2) is 16.9 Å². The molecule has 0 spiro atoms. The van der Waals surface area contributed by atoms with Crippen LogP contribution in [0, 0.1) is 0 Å². The van der Waals surface area contributed by atoms with E-state index in [2.05, 4.69) is 37.7 Å². The molecule has 1 saturated heterocycles. The molecule has 0 aromatic carbocycles. The van der Waals surface area contributed by atoms with Gasteiger partial charge in [0.25, 0.3) is 0 Å². The van der Waals surface area contributed by atoms with Crippen LogP contribution in [0.3, 0.4) is 0 Å². The Morgan fingerprint density at radius 2 is 1.62 bits per heavy atom. The van der Waals surface area contributed by atoms with Gasteiger partial charge in [-0.25, -0.2) is 24.5 Å². The zero-order valence-electron chi connectivity index (χ0n) is 22.9. The van der Waals surface area contributed by atoms with Crippen LogP contribution in [0.4, 0.5) is 21.2 Å². The fourth-order valence-corrected chi connectivity index (χ4v) is 4.18. The molecule has 0 saturated carbocycles. The first kappa shape index (κ1) is 29.0. The minimum atomic E-state index is -0.917. The van der Waals surface area contributed by atoms with E-state index in [1.54, 1.807) is 41.5 Å². The number of amides is 2. The van der Waals surface area contributed by atoms with Gasteiger partial charge in [-0.2, -0.15) is 4.90 Å². The minimum absolute atomic E-state index is 0.0229.